The van der Waals surface area contributed by atoms with Crippen molar-refractivity contribution in [3.63, 3.8) is 0 Å². The van der Waals surface area contributed by atoms with Crippen LogP contribution in [0.15, 0.2) is 42.5 Å². The van der Waals surface area contributed by atoms with E-state index in [2.05, 4.69) is 0 Å². The van der Waals surface area contributed by atoms with Crippen LogP contribution in [0, 0.1) is 0 Å². The van der Waals surface area contributed by atoms with Gasteiger partial charge in [-0.25, -0.2) is 0 Å². The zero-order valence-corrected chi connectivity index (χ0v) is 12.0. The second-order valence-electron chi connectivity index (χ2n) is 4.93. The van der Waals surface area contributed by atoms with Gasteiger partial charge in [-0.05, 0) is 29.7 Å². The molecule has 20 heavy (non-hydrogen) atoms. The monoisotopic (exact) mass is 306 g/mol. The van der Waals surface area contributed by atoms with Crippen LogP contribution in [0.25, 0.3) is 0 Å². The molecular formula is C16H12Cl2O2. The Hall–Kier alpha value is -1.35. The number of benzene rings is 2. The summed E-state index contributed by atoms with van der Waals surface area (Å²) in [5.74, 6) is -0.259. The van der Waals surface area contributed by atoms with Crippen LogP contribution in [0.4, 0.5) is 0 Å². The molecule has 1 aliphatic carbocycles. The maximum atomic E-state index is 12.0. The Morgan fingerprint density at radius 3 is 2.55 bits per heavy atom. The fourth-order valence-electron chi connectivity index (χ4n) is 2.71. The first kappa shape index (κ1) is 13.6. The number of hydrogen-bond donors (Lipinski definition) is 1. The summed E-state index contributed by atoms with van der Waals surface area (Å²) in [7, 11) is 0. The van der Waals surface area contributed by atoms with E-state index in [9.17, 15) is 9.90 Å². The van der Waals surface area contributed by atoms with Gasteiger partial charge in [-0.15, -0.1) is 0 Å². The van der Waals surface area contributed by atoms with Crippen molar-refractivity contribution in [2.24, 2.45) is 0 Å². The van der Waals surface area contributed by atoms with Crippen LogP contribution in [0.5, 0.6) is 0 Å². The number of Topliss-reactive ketones (excluding diaryl/α,β-unsaturated/α-hetero) is 1. The molecule has 0 radical (unpaired) electrons. The standard InChI is InChI=1S/C16H12Cl2O2/c17-13-6-5-9(7-14(13)18)12-8-15(19)16(20)11-4-2-1-3-10(11)12/h1-7,12,15,19H,8H2/t12-,15?/m0/s1. The minimum Gasteiger partial charge on any atom is -0.385 e. The quantitative estimate of drug-likeness (QED) is 0.862. The number of aliphatic hydroxyl groups excluding tert-OH is 1. The van der Waals surface area contributed by atoms with Gasteiger partial charge in [0.2, 0.25) is 0 Å². The zero-order valence-electron chi connectivity index (χ0n) is 10.5. The fourth-order valence-corrected chi connectivity index (χ4v) is 3.01. The highest BCUT2D eigenvalue weighted by atomic mass is 35.5. The van der Waals surface area contributed by atoms with Gasteiger partial charge < -0.3 is 5.11 Å². The molecule has 0 aromatic heterocycles. The van der Waals surface area contributed by atoms with E-state index < -0.39 is 6.10 Å². The third-order valence-electron chi connectivity index (χ3n) is 3.71. The smallest absolute Gasteiger partial charge is 0.191 e. The summed E-state index contributed by atoms with van der Waals surface area (Å²) in [6.07, 6.45) is -0.599. The van der Waals surface area contributed by atoms with E-state index in [0.717, 1.165) is 11.1 Å². The molecule has 2 aromatic rings. The summed E-state index contributed by atoms with van der Waals surface area (Å²) in [6, 6.07) is 12.8. The van der Waals surface area contributed by atoms with Crippen LogP contribution in [0.2, 0.25) is 10.0 Å². The molecule has 0 bridgehead atoms. The third-order valence-corrected chi connectivity index (χ3v) is 4.45. The highest BCUT2D eigenvalue weighted by Gasteiger charge is 2.32. The molecule has 0 heterocycles. The lowest BCUT2D eigenvalue weighted by atomic mass is 9.77. The number of fused-ring (bicyclic) bond motifs is 1. The van der Waals surface area contributed by atoms with Gasteiger partial charge in [-0.1, -0.05) is 53.5 Å². The largest absolute Gasteiger partial charge is 0.385 e. The lowest BCUT2D eigenvalue weighted by molar-refractivity contribution is 0.0699. The molecule has 102 valence electrons. The van der Waals surface area contributed by atoms with Gasteiger partial charge in [0.25, 0.3) is 0 Å². The molecular weight excluding hydrogens is 295 g/mol. The Labute approximate surface area is 127 Å². The second-order valence-corrected chi connectivity index (χ2v) is 5.74. The number of aliphatic hydroxyl groups is 1. The van der Waals surface area contributed by atoms with Crippen molar-refractivity contribution in [3.05, 3.63) is 69.2 Å². The number of hydrogen-bond acceptors (Lipinski definition) is 2. The predicted molar refractivity (Wildman–Crippen MR) is 79.7 cm³/mol. The van der Waals surface area contributed by atoms with Crippen LogP contribution in [-0.4, -0.2) is 17.0 Å². The highest BCUT2D eigenvalue weighted by molar-refractivity contribution is 6.42. The van der Waals surface area contributed by atoms with Crippen molar-refractivity contribution in [2.75, 3.05) is 0 Å². The predicted octanol–water partition coefficient (Wildman–Crippen LogP) is 4.07. The van der Waals surface area contributed by atoms with Crippen LogP contribution >= 0.6 is 23.2 Å². The Morgan fingerprint density at radius 2 is 1.80 bits per heavy atom. The first-order valence-electron chi connectivity index (χ1n) is 6.34. The molecule has 0 saturated carbocycles. The van der Waals surface area contributed by atoms with Crippen molar-refractivity contribution < 1.29 is 9.90 Å². The Bertz CT molecular complexity index is 682. The van der Waals surface area contributed by atoms with Gasteiger partial charge in [0.15, 0.2) is 5.78 Å². The first-order valence-corrected chi connectivity index (χ1v) is 7.09. The summed E-state index contributed by atoms with van der Waals surface area (Å²) in [5, 5.41) is 10.9. The van der Waals surface area contributed by atoms with Crippen LogP contribution in [0.1, 0.15) is 33.8 Å². The number of carbonyl (C=O) groups is 1. The Balaban J connectivity index is 2.12. The van der Waals surface area contributed by atoms with Crippen molar-refractivity contribution in [3.8, 4) is 0 Å². The van der Waals surface area contributed by atoms with Gasteiger partial charge in [0.05, 0.1) is 10.0 Å². The molecule has 0 saturated heterocycles. The van der Waals surface area contributed by atoms with Gasteiger partial charge in [-0.2, -0.15) is 0 Å². The molecule has 0 aliphatic heterocycles. The van der Waals surface area contributed by atoms with Crippen molar-refractivity contribution in [2.45, 2.75) is 18.4 Å². The minimum absolute atomic E-state index is 0.0475. The second kappa shape index (κ2) is 5.21. The highest BCUT2D eigenvalue weighted by Crippen LogP contribution is 2.38. The summed E-state index contributed by atoms with van der Waals surface area (Å²) in [5.41, 5.74) is 2.47. The van der Waals surface area contributed by atoms with E-state index in [1.54, 1.807) is 24.3 Å². The third kappa shape index (κ3) is 2.24. The molecule has 0 amide bonds. The van der Waals surface area contributed by atoms with Crippen molar-refractivity contribution >= 4 is 29.0 Å². The van der Waals surface area contributed by atoms with Gasteiger partial charge in [0, 0.05) is 11.5 Å². The normalized spacial score (nSPS) is 21.6. The van der Waals surface area contributed by atoms with Crippen LogP contribution in [0.3, 0.4) is 0 Å². The Kier molecular flexibility index (Phi) is 3.55. The lowest BCUT2D eigenvalue weighted by Gasteiger charge is -2.28. The molecule has 0 fully saturated rings. The van der Waals surface area contributed by atoms with Crippen molar-refractivity contribution in [1.29, 1.82) is 0 Å². The van der Waals surface area contributed by atoms with Crippen LogP contribution in [-0.2, 0) is 0 Å². The van der Waals surface area contributed by atoms with Crippen LogP contribution < -0.4 is 0 Å². The maximum absolute atomic E-state index is 12.0. The zero-order chi connectivity index (χ0) is 14.3. The Morgan fingerprint density at radius 1 is 1.05 bits per heavy atom. The average molecular weight is 307 g/mol. The molecule has 2 nitrogen and oxygen atoms in total. The number of rotatable bonds is 1. The van der Waals surface area contributed by atoms with Gasteiger partial charge in [-0.3, -0.25) is 4.79 Å². The topological polar surface area (TPSA) is 37.3 Å². The van der Waals surface area contributed by atoms with E-state index in [4.69, 9.17) is 23.2 Å². The number of ketones is 1. The average Bonchev–Trinajstić information content (AvgIpc) is 2.46. The lowest BCUT2D eigenvalue weighted by Crippen LogP contribution is -2.30. The fraction of sp³-hybridized carbons (Fsp3) is 0.188. The van der Waals surface area contributed by atoms with Gasteiger partial charge >= 0.3 is 0 Å². The minimum atomic E-state index is -0.968. The van der Waals surface area contributed by atoms with E-state index in [0.29, 0.717) is 22.0 Å². The summed E-state index contributed by atoms with van der Waals surface area (Å²) >= 11 is 12.0. The first-order chi connectivity index (χ1) is 9.58. The van der Waals surface area contributed by atoms with E-state index in [-0.39, 0.29) is 11.7 Å². The molecule has 0 spiro atoms. The molecule has 1 unspecified atom stereocenters. The SMILES string of the molecule is O=C1c2ccccc2[C@H](c2ccc(Cl)c(Cl)c2)CC1O. The summed E-state index contributed by atoms with van der Waals surface area (Å²) in [6.45, 7) is 0. The maximum Gasteiger partial charge on any atom is 0.191 e. The molecule has 2 atom stereocenters. The van der Waals surface area contributed by atoms with E-state index in [1.165, 1.54) is 0 Å². The molecule has 3 rings (SSSR count). The number of halogens is 2. The van der Waals surface area contributed by atoms with Crippen molar-refractivity contribution in [1.82, 2.24) is 0 Å². The molecule has 1 aliphatic rings. The summed E-state index contributed by atoms with van der Waals surface area (Å²) < 4.78 is 0. The molecule has 4 heteroatoms. The number of carbonyl (C=O) groups excluding carboxylic acids is 1. The summed E-state index contributed by atoms with van der Waals surface area (Å²) in [4.78, 5) is 12.0. The van der Waals surface area contributed by atoms with E-state index >= 15 is 0 Å². The van der Waals surface area contributed by atoms with E-state index in [1.807, 2.05) is 18.2 Å². The molecule has 2 aromatic carbocycles. The van der Waals surface area contributed by atoms with Gasteiger partial charge in [0.1, 0.15) is 6.10 Å². The molecule has 1 N–H and O–H groups in total.